The number of amides is 2. The first-order valence-electron chi connectivity index (χ1n) is 7.86. The number of nitrogens with zero attached hydrogens (tertiary/aromatic N) is 1. The SMILES string of the molecule is CCOC(=O)CN1C(=O)S/C(=C\c2cc(Cl)c(OCC(=O)OC)c(Cl)c2)C1=O. The van der Waals surface area contributed by atoms with Crippen LogP contribution in [0.15, 0.2) is 17.0 Å². The van der Waals surface area contributed by atoms with E-state index >= 15 is 0 Å². The van der Waals surface area contributed by atoms with Crippen LogP contribution < -0.4 is 4.74 Å². The Morgan fingerprint density at radius 3 is 2.39 bits per heavy atom. The first kappa shape index (κ1) is 22.1. The van der Waals surface area contributed by atoms with Gasteiger partial charge in [-0.3, -0.25) is 19.3 Å². The highest BCUT2D eigenvalue weighted by Crippen LogP contribution is 2.37. The molecule has 0 radical (unpaired) electrons. The van der Waals surface area contributed by atoms with Crippen LogP contribution in [0.4, 0.5) is 4.79 Å². The lowest BCUT2D eigenvalue weighted by molar-refractivity contribution is -0.146. The second kappa shape index (κ2) is 9.81. The molecule has 0 aromatic heterocycles. The minimum atomic E-state index is -0.677. The summed E-state index contributed by atoms with van der Waals surface area (Å²) in [5.74, 6) is -1.82. The zero-order chi connectivity index (χ0) is 20.8. The normalized spacial score (nSPS) is 15.1. The fourth-order valence-electron chi connectivity index (χ4n) is 2.11. The van der Waals surface area contributed by atoms with Gasteiger partial charge in [-0.05, 0) is 42.5 Å². The van der Waals surface area contributed by atoms with Gasteiger partial charge in [0, 0.05) is 0 Å². The van der Waals surface area contributed by atoms with Gasteiger partial charge >= 0.3 is 11.9 Å². The van der Waals surface area contributed by atoms with Crippen LogP contribution in [-0.4, -0.2) is 54.9 Å². The minimum Gasteiger partial charge on any atom is -0.479 e. The number of carbonyl (C=O) groups excluding carboxylic acids is 4. The third-order valence-corrected chi connectivity index (χ3v) is 4.82. The molecule has 0 bridgehead atoms. The fourth-order valence-corrected chi connectivity index (χ4v) is 3.57. The molecule has 0 spiro atoms. The summed E-state index contributed by atoms with van der Waals surface area (Å²) in [6.07, 6.45) is 1.41. The zero-order valence-corrected chi connectivity index (χ0v) is 17.2. The summed E-state index contributed by atoms with van der Waals surface area (Å²) in [6, 6.07) is 2.92. The number of carbonyl (C=O) groups is 4. The van der Waals surface area contributed by atoms with E-state index in [1.165, 1.54) is 25.3 Å². The molecule has 0 N–H and O–H groups in total. The molecule has 2 rings (SSSR count). The van der Waals surface area contributed by atoms with Crippen molar-refractivity contribution in [3.05, 3.63) is 32.6 Å². The number of imide groups is 1. The number of esters is 2. The third kappa shape index (κ3) is 5.40. The molecule has 1 heterocycles. The van der Waals surface area contributed by atoms with Crippen molar-refractivity contribution in [2.24, 2.45) is 0 Å². The topological polar surface area (TPSA) is 99.2 Å². The van der Waals surface area contributed by atoms with Gasteiger partial charge in [0.2, 0.25) is 0 Å². The molecule has 0 atom stereocenters. The lowest BCUT2D eigenvalue weighted by Crippen LogP contribution is -2.34. The predicted molar refractivity (Wildman–Crippen MR) is 103 cm³/mol. The van der Waals surface area contributed by atoms with Crippen LogP contribution in [0.5, 0.6) is 5.75 Å². The Morgan fingerprint density at radius 2 is 1.82 bits per heavy atom. The fraction of sp³-hybridized carbons (Fsp3) is 0.294. The molecule has 1 fully saturated rings. The van der Waals surface area contributed by atoms with Crippen molar-refractivity contribution < 1.29 is 33.4 Å². The van der Waals surface area contributed by atoms with Crippen LogP contribution in [-0.2, 0) is 23.9 Å². The van der Waals surface area contributed by atoms with Crippen LogP contribution in [0.3, 0.4) is 0 Å². The average Bonchev–Trinajstić information content (AvgIpc) is 2.88. The van der Waals surface area contributed by atoms with E-state index in [1.807, 2.05) is 0 Å². The quantitative estimate of drug-likeness (QED) is 0.464. The average molecular weight is 448 g/mol. The molecule has 28 heavy (non-hydrogen) atoms. The maximum absolute atomic E-state index is 12.4. The number of hydrogen-bond acceptors (Lipinski definition) is 8. The molecular formula is C17H15Cl2NO7S. The molecule has 1 aromatic rings. The number of hydrogen-bond donors (Lipinski definition) is 0. The Kier molecular flexibility index (Phi) is 7.73. The number of rotatable bonds is 7. The summed E-state index contributed by atoms with van der Waals surface area (Å²) in [4.78, 5) is 48.0. The summed E-state index contributed by atoms with van der Waals surface area (Å²) in [5.41, 5.74) is 0.432. The lowest BCUT2D eigenvalue weighted by atomic mass is 10.2. The van der Waals surface area contributed by atoms with Crippen molar-refractivity contribution in [2.45, 2.75) is 6.92 Å². The van der Waals surface area contributed by atoms with Crippen molar-refractivity contribution in [2.75, 3.05) is 26.9 Å². The van der Waals surface area contributed by atoms with Crippen LogP contribution in [0, 0.1) is 0 Å². The molecule has 1 saturated heterocycles. The number of halogens is 2. The Labute approximate surface area is 174 Å². The van der Waals surface area contributed by atoms with E-state index in [2.05, 4.69) is 4.74 Å². The van der Waals surface area contributed by atoms with Crippen molar-refractivity contribution in [1.29, 1.82) is 0 Å². The van der Waals surface area contributed by atoms with Gasteiger partial charge in [-0.15, -0.1) is 0 Å². The summed E-state index contributed by atoms with van der Waals surface area (Å²) in [5, 5.41) is -0.374. The molecule has 150 valence electrons. The number of thioether (sulfide) groups is 1. The minimum absolute atomic E-state index is 0.0845. The largest absolute Gasteiger partial charge is 0.479 e. The van der Waals surface area contributed by atoms with E-state index in [4.69, 9.17) is 32.7 Å². The molecule has 1 aliphatic heterocycles. The summed E-state index contributed by atoms with van der Waals surface area (Å²) < 4.78 is 14.4. The maximum atomic E-state index is 12.4. The van der Waals surface area contributed by atoms with Crippen molar-refractivity contribution in [3.63, 3.8) is 0 Å². The van der Waals surface area contributed by atoms with Crippen molar-refractivity contribution in [3.8, 4) is 5.75 Å². The molecule has 1 aromatic carbocycles. The van der Waals surface area contributed by atoms with Crippen molar-refractivity contribution >= 4 is 64.1 Å². The molecular weight excluding hydrogens is 433 g/mol. The first-order chi connectivity index (χ1) is 13.3. The van der Waals surface area contributed by atoms with Gasteiger partial charge in [0.25, 0.3) is 11.1 Å². The van der Waals surface area contributed by atoms with Gasteiger partial charge in [0.15, 0.2) is 12.4 Å². The Balaban J connectivity index is 2.19. The van der Waals surface area contributed by atoms with Gasteiger partial charge in [-0.1, -0.05) is 23.2 Å². The number of benzene rings is 1. The van der Waals surface area contributed by atoms with Crippen molar-refractivity contribution in [1.82, 2.24) is 4.90 Å². The maximum Gasteiger partial charge on any atom is 0.343 e. The van der Waals surface area contributed by atoms with E-state index in [9.17, 15) is 19.2 Å². The van der Waals surface area contributed by atoms with Crippen LogP contribution in [0.2, 0.25) is 10.0 Å². The molecule has 1 aliphatic rings. The monoisotopic (exact) mass is 447 g/mol. The number of ether oxygens (including phenoxy) is 3. The molecule has 0 aliphatic carbocycles. The number of methoxy groups -OCH3 is 1. The Morgan fingerprint density at radius 1 is 1.18 bits per heavy atom. The molecule has 0 unspecified atom stereocenters. The van der Waals surface area contributed by atoms with Gasteiger partial charge in [-0.2, -0.15) is 0 Å². The molecule has 2 amide bonds. The molecule has 11 heteroatoms. The molecule has 8 nitrogen and oxygen atoms in total. The summed E-state index contributed by atoms with van der Waals surface area (Å²) in [7, 11) is 1.22. The summed E-state index contributed by atoms with van der Waals surface area (Å²) >= 11 is 12.9. The lowest BCUT2D eigenvalue weighted by Gasteiger charge is -2.11. The van der Waals surface area contributed by atoms with Gasteiger partial charge < -0.3 is 14.2 Å². The van der Waals surface area contributed by atoms with E-state index in [-0.39, 0.29) is 33.9 Å². The van der Waals surface area contributed by atoms with Crippen LogP contribution in [0.25, 0.3) is 6.08 Å². The van der Waals surface area contributed by atoms with E-state index in [0.717, 1.165) is 4.90 Å². The molecule has 0 saturated carbocycles. The zero-order valence-electron chi connectivity index (χ0n) is 14.8. The third-order valence-electron chi connectivity index (χ3n) is 3.35. The van der Waals surface area contributed by atoms with E-state index < -0.39 is 29.6 Å². The second-order valence-corrected chi connectivity index (χ2v) is 7.06. The van der Waals surface area contributed by atoms with Gasteiger partial charge in [0.05, 0.1) is 28.7 Å². The highest BCUT2D eigenvalue weighted by molar-refractivity contribution is 8.18. The highest BCUT2D eigenvalue weighted by atomic mass is 35.5. The van der Waals surface area contributed by atoms with Crippen LogP contribution >= 0.6 is 35.0 Å². The smallest absolute Gasteiger partial charge is 0.343 e. The van der Waals surface area contributed by atoms with E-state index in [0.29, 0.717) is 17.3 Å². The first-order valence-corrected chi connectivity index (χ1v) is 9.43. The highest BCUT2D eigenvalue weighted by Gasteiger charge is 2.36. The van der Waals surface area contributed by atoms with E-state index in [1.54, 1.807) is 6.92 Å². The Hall–Kier alpha value is -2.23. The predicted octanol–water partition coefficient (Wildman–Crippen LogP) is 3.14. The van der Waals surface area contributed by atoms with Gasteiger partial charge in [0.1, 0.15) is 6.54 Å². The second-order valence-electron chi connectivity index (χ2n) is 5.25. The van der Waals surface area contributed by atoms with Gasteiger partial charge in [-0.25, -0.2) is 4.79 Å². The summed E-state index contributed by atoms with van der Waals surface area (Å²) in [6.45, 7) is 0.934. The van der Waals surface area contributed by atoms with Crippen LogP contribution in [0.1, 0.15) is 12.5 Å². The standard InChI is InChI=1S/C17H15Cl2NO7S/c1-3-26-13(21)7-20-16(23)12(28-17(20)24)6-9-4-10(18)15(11(19)5-9)27-8-14(22)25-2/h4-6H,3,7-8H2,1-2H3/b12-6-. The Bertz CT molecular complexity index is 833.